The summed E-state index contributed by atoms with van der Waals surface area (Å²) < 4.78 is 5.10. The molecule has 1 aromatic rings. The monoisotopic (exact) mass is 237 g/mol. The lowest BCUT2D eigenvalue weighted by Gasteiger charge is -2.16. The van der Waals surface area contributed by atoms with Crippen molar-refractivity contribution in [3.63, 3.8) is 0 Å². The normalized spacial score (nSPS) is 19.2. The van der Waals surface area contributed by atoms with Gasteiger partial charge < -0.3 is 4.42 Å². The summed E-state index contributed by atoms with van der Waals surface area (Å²) >= 11 is 0.947. The molecule has 1 fully saturated rings. The molecule has 2 rings (SSSR count). The van der Waals surface area contributed by atoms with Crippen LogP contribution in [0.15, 0.2) is 27.7 Å². The van der Waals surface area contributed by atoms with Crippen molar-refractivity contribution >= 4 is 29.0 Å². The Morgan fingerprint density at radius 3 is 2.69 bits per heavy atom. The molecule has 0 saturated carbocycles. The minimum atomic E-state index is -0.249. The topological polar surface area (TPSA) is 50.5 Å². The summed E-state index contributed by atoms with van der Waals surface area (Å²) in [7, 11) is 0. The second kappa shape index (κ2) is 4.17. The highest BCUT2D eigenvalue weighted by Crippen LogP contribution is 2.33. The molecule has 16 heavy (non-hydrogen) atoms. The molecule has 0 aromatic carbocycles. The SMILES string of the molecule is CC(C)N1C(=O)SC(=Cc2ccco2)C1=O. The minimum Gasteiger partial charge on any atom is -0.465 e. The summed E-state index contributed by atoms with van der Waals surface area (Å²) in [4.78, 5) is 25.1. The molecule has 0 aliphatic carbocycles. The number of furan rings is 1. The Morgan fingerprint density at radius 1 is 1.44 bits per heavy atom. The molecule has 0 radical (unpaired) electrons. The van der Waals surface area contributed by atoms with Crippen LogP contribution < -0.4 is 0 Å². The van der Waals surface area contributed by atoms with E-state index in [2.05, 4.69) is 0 Å². The summed E-state index contributed by atoms with van der Waals surface area (Å²) in [5, 5.41) is -0.224. The van der Waals surface area contributed by atoms with Crippen LogP contribution in [0.2, 0.25) is 0 Å². The fourth-order valence-electron chi connectivity index (χ4n) is 1.43. The van der Waals surface area contributed by atoms with Gasteiger partial charge >= 0.3 is 0 Å². The summed E-state index contributed by atoms with van der Waals surface area (Å²) in [6.45, 7) is 3.62. The molecular formula is C11H11NO3S. The minimum absolute atomic E-state index is 0.116. The van der Waals surface area contributed by atoms with Crippen molar-refractivity contribution in [3.8, 4) is 0 Å². The van der Waals surface area contributed by atoms with Crippen molar-refractivity contribution in [2.75, 3.05) is 0 Å². The predicted molar refractivity (Wildman–Crippen MR) is 61.7 cm³/mol. The van der Waals surface area contributed by atoms with E-state index in [0.29, 0.717) is 10.7 Å². The van der Waals surface area contributed by atoms with E-state index in [-0.39, 0.29) is 17.2 Å². The fraction of sp³-hybridized carbons (Fsp3) is 0.273. The molecule has 4 nitrogen and oxygen atoms in total. The largest absolute Gasteiger partial charge is 0.465 e. The first-order valence-corrected chi connectivity index (χ1v) is 5.72. The van der Waals surface area contributed by atoms with E-state index in [1.165, 1.54) is 11.2 Å². The number of amides is 2. The average molecular weight is 237 g/mol. The third kappa shape index (κ3) is 1.90. The van der Waals surface area contributed by atoms with Gasteiger partial charge in [0.2, 0.25) is 0 Å². The standard InChI is InChI=1S/C11H11NO3S/c1-7(2)12-10(13)9(16-11(12)14)6-8-4-3-5-15-8/h3-7H,1-2H3. The lowest BCUT2D eigenvalue weighted by atomic mass is 10.3. The van der Waals surface area contributed by atoms with Crippen LogP contribution >= 0.6 is 11.8 Å². The highest BCUT2D eigenvalue weighted by atomic mass is 32.2. The van der Waals surface area contributed by atoms with Crippen molar-refractivity contribution in [1.82, 2.24) is 4.90 Å². The molecule has 2 amide bonds. The van der Waals surface area contributed by atoms with Crippen LogP contribution in [0.3, 0.4) is 0 Å². The fourth-order valence-corrected chi connectivity index (χ4v) is 2.37. The van der Waals surface area contributed by atoms with Gasteiger partial charge in [-0.05, 0) is 37.7 Å². The lowest BCUT2D eigenvalue weighted by Crippen LogP contribution is -2.34. The van der Waals surface area contributed by atoms with E-state index in [0.717, 1.165) is 11.8 Å². The first-order valence-electron chi connectivity index (χ1n) is 4.90. The van der Waals surface area contributed by atoms with Crippen molar-refractivity contribution in [3.05, 3.63) is 29.1 Å². The maximum Gasteiger partial charge on any atom is 0.293 e. The van der Waals surface area contributed by atoms with E-state index < -0.39 is 0 Å². The van der Waals surface area contributed by atoms with Crippen molar-refractivity contribution < 1.29 is 14.0 Å². The van der Waals surface area contributed by atoms with Crippen LogP contribution in [0.1, 0.15) is 19.6 Å². The summed E-state index contributed by atoms with van der Waals surface area (Å²) in [5.41, 5.74) is 0. The van der Waals surface area contributed by atoms with Gasteiger partial charge in [0.1, 0.15) is 5.76 Å². The van der Waals surface area contributed by atoms with Crippen LogP contribution in [0, 0.1) is 0 Å². The molecular weight excluding hydrogens is 226 g/mol. The highest BCUT2D eigenvalue weighted by Gasteiger charge is 2.36. The van der Waals surface area contributed by atoms with Gasteiger partial charge in [-0.2, -0.15) is 0 Å². The smallest absolute Gasteiger partial charge is 0.293 e. The van der Waals surface area contributed by atoms with E-state index in [9.17, 15) is 9.59 Å². The second-order valence-electron chi connectivity index (χ2n) is 3.66. The maximum absolute atomic E-state index is 11.9. The molecule has 0 N–H and O–H groups in total. The molecule has 0 atom stereocenters. The zero-order chi connectivity index (χ0) is 11.7. The van der Waals surface area contributed by atoms with Gasteiger partial charge in [-0.15, -0.1) is 0 Å². The molecule has 1 saturated heterocycles. The Balaban J connectivity index is 2.27. The van der Waals surface area contributed by atoms with Crippen LogP contribution in [-0.2, 0) is 4.79 Å². The van der Waals surface area contributed by atoms with Crippen LogP contribution in [0.5, 0.6) is 0 Å². The van der Waals surface area contributed by atoms with Gasteiger partial charge in [0.25, 0.3) is 11.1 Å². The second-order valence-corrected chi connectivity index (χ2v) is 4.65. The molecule has 1 aliphatic heterocycles. The van der Waals surface area contributed by atoms with Gasteiger partial charge in [0.15, 0.2) is 0 Å². The number of carbonyl (C=O) groups is 2. The quantitative estimate of drug-likeness (QED) is 0.742. The first kappa shape index (κ1) is 11.0. The third-order valence-corrected chi connectivity index (χ3v) is 3.04. The Hall–Kier alpha value is -1.49. The Labute approximate surface area is 97.3 Å². The number of hydrogen-bond acceptors (Lipinski definition) is 4. The van der Waals surface area contributed by atoms with Crippen molar-refractivity contribution in [2.24, 2.45) is 0 Å². The van der Waals surface area contributed by atoms with Crippen molar-refractivity contribution in [1.29, 1.82) is 0 Å². The number of imide groups is 1. The molecule has 84 valence electrons. The zero-order valence-electron chi connectivity index (χ0n) is 8.97. The van der Waals surface area contributed by atoms with E-state index in [1.54, 1.807) is 18.2 Å². The summed E-state index contributed by atoms with van der Waals surface area (Å²) in [6, 6.07) is 3.36. The maximum atomic E-state index is 11.9. The molecule has 2 heterocycles. The van der Waals surface area contributed by atoms with E-state index in [1.807, 2.05) is 13.8 Å². The molecule has 1 aliphatic rings. The van der Waals surface area contributed by atoms with Crippen molar-refractivity contribution in [2.45, 2.75) is 19.9 Å². The Bertz CT molecular complexity index is 448. The number of thioether (sulfide) groups is 1. The van der Waals surface area contributed by atoms with Gasteiger partial charge in [0, 0.05) is 12.1 Å². The average Bonchev–Trinajstić information content (AvgIpc) is 2.76. The lowest BCUT2D eigenvalue weighted by molar-refractivity contribution is -0.123. The van der Waals surface area contributed by atoms with E-state index >= 15 is 0 Å². The first-order chi connectivity index (χ1) is 7.59. The van der Waals surface area contributed by atoms with Gasteiger partial charge in [-0.1, -0.05) is 0 Å². The predicted octanol–water partition coefficient (Wildman–Crippen LogP) is 2.72. The van der Waals surface area contributed by atoms with Gasteiger partial charge in [-0.25, -0.2) is 0 Å². The number of nitrogens with zero attached hydrogens (tertiary/aromatic N) is 1. The molecule has 1 aromatic heterocycles. The van der Waals surface area contributed by atoms with Gasteiger partial charge in [-0.3, -0.25) is 14.5 Å². The zero-order valence-corrected chi connectivity index (χ0v) is 9.78. The van der Waals surface area contributed by atoms with Crippen LogP contribution in [0.4, 0.5) is 4.79 Å². The van der Waals surface area contributed by atoms with Crippen LogP contribution in [0.25, 0.3) is 6.08 Å². The molecule has 0 bridgehead atoms. The third-order valence-electron chi connectivity index (χ3n) is 2.16. The number of hydrogen-bond donors (Lipinski definition) is 0. The number of rotatable bonds is 2. The molecule has 0 spiro atoms. The highest BCUT2D eigenvalue weighted by molar-refractivity contribution is 8.18. The Morgan fingerprint density at radius 2 is 2.19 bits per heavy atom. The Kier molecular flexibility index (Phi) is 2.87. The number of carbonyl (C=O) groups excluding carboxylic acids is 2. The van der Waals surface area contributed by atoms with Crippen LogP contribution in [-0.4, -0.2) is 22.1 Å². The summed E-state index contributed by atoms with van der Waals surface area (Å²) in [5.74, 6) is 0.329. The molecule has 0 unspecified atom stereocenters. The molecule has 5 heteroatoms. The van der Waals surface area contributed by atoms with Gasteiger partial charge in [0.05, 0.1) is 11.2 Å². The van der Waals surface area contributed by atoms with E-state index in [4.69, 9.17) is 4.42 Å². The summed E-state index contributed by atoms with van der Waals surface area (Å²) in [6.07, 6.45) is 3.12.